The monoisotopic (exact) mass is 318 g/mol. The van der Waals surface area contributed by atoms with Gasteiger partial charge in [0.25, 0.3) is 0 Å². The Morgan fingerprint density at radius 2 is 2.14 bits per heavy atom. The highest BCUT2D eigenvalue weighted by atomic mass is 32.2. The van der Waals surface area contributed by atoms with Gasteiger partial charge in [0.1, 0.15) is 10.7 Å². The largest absolute Gasteiger partial charge is 0.480 e. The SMILES string of the molecule is COc1ncccc1S(=O)(=O)NCc1nccn1C(F)F. The van der Waals surface area contributed by atoms with E-state index in [1.807, 2.05) is 0 Å². The smallest absolute Gasteiger partial charge is 0.319 e. The molecule has 21 heavy (non-hydrogen) atoms. The molecule has 0 spiro atoms. The summed E-state index contributed by atoms with van der Waals surface area (Å²) in [6.07, 6.45) is 3.61. The topological polar surface area (TPSA) is 86.1 Å². The third-order valence-electron chi connectivity index (χ3n) is 2.60. The second kappa shape index (κ2) is 6.14. The summed E-state index contributed by atoms with van der Waals surface area (Å²) in [6, 6.07) is 2.73. The van der Waals surface area contributed by atoms with Gasteiger partial charge in [0.05, 0.1) is 13.7 Å². The molecule has 7 nitrogen and oxygen atoms in total. The number of sulfonamides is 1. The van der Waals surface area contributed by atoms with E-state index < -0.39 is 16.6 Å². The zero-order valence-electron chi connectivity index (χ0n) is 10.9. The van der Waals surface area contributed by atoms with Crippen LogP contribution in [0.5, 0.6) is 5.88 Å². The number of aromatic nitrogens is 3. The van der Waals surface area contributed by atoms with Crippen molar-refractivity contribution in [3.63, 3.8) is 0 Å². The Morgan fingerprint density at radius 3 is 2.81 bits per heavy atom. The van der Waals surface area contributed by atoms with Crippen LogP contribution in [0.4, 0.5) is 8.78 Å². The summed E-state index contributed by atoms with van der Waals surface area (Å²) in [5, 5.41) is 0. The zero-order chi connectivity index (χ0) is 15.5. The Balaban J connectivity index is 2.20. The van der Waals surface area contributed by atoms with E-state index >= 15 is 0 Å². The Morgan fingerprint density at radius 1 is 1.38 bits per heavy atom. The highest BCUT2D eigenvalue weighted by Gasteiger charge is 2.21. The maximum Gasteiger partial charge on any atom is 0.319 e. The van der Waals surface area contributed by atoms with E-state index in [2.05, 4.69) is 14.7 Å². The first-order chi connectivity index (χ1) is 9.95. The minimum atomic E-state index is -3.96. The average Bonchev–Trinajstić information content (AvgIpc) is 2.94. The first-order valence-corrected chi connectivity index (χ1v) is 7.22. The molecule has 0 aliphatic rings. The summed E-state index contributed by atoms with van der Waals surface area (Å²) >= 11 is 0. The molecule has 0 atom stereocenters. The number of pyridine rings is 1. The van der Waals surface area contributed by atoms with Gasteiger partial charge < -0.3 is 4.74 Å². The standard InChI is InChI=1S/C11H12F2N4O3S/c1-20-10-8(3-2-4-15-10)21(18,19)16-7-9-14-5-6-17(9)11(12)13/h2-6,11,16H,7H2,1H3. The number of imidazole rings is 1. The second-order valence-electron chi connectivity index (χ2n) is 3.86. The number of rotatable bonds is 6. The highest BCUT2D eigenvalue weighted by Crippen LogP contribution is 2.20. The van der Waals surface area contributed by atoms with Crippen molar-refractivity contribution in [2.24, 2.45) is 0 Å². The number of alkyl halides is 2. The van der Waals surface area contributed by atoms with Crippen LogP contribution in [0, 0.1) is 0 Å². The molecular formula is C11H12F2N4O3S. The van der Waals surface area contributed by atoms with Gasteiger partial charge in [-0.1, -0.05) is 0 Å². The molecule has 2 aromatic rings. The molecule has 0 aliphatic heterocycles. The Hall–Kier alpha value is -2.07. The summed E-state index contributed by atoms with van der Waals surface area (Å²) in [7, 11) is -2.67. The Labute approximate surface area is 119 Å². The molecule has 0 aliphatic carbocycles. The van der Waals surface area contributed by atoms with Crippen LogP contribution in [0.1, 0.15) is 12.4 Å². The lowest BCUT2D eigenvalue weighted by Crippen LogP contribution is -2.25. The van der Waals surface area contributed by atoms with Crippen LogP contribution < -0.4 is 9.46 Å². The average molecular weight is 318 g/mol. The lowest BCUT2D eigenvalue weighted by molar-refractivity contribution is 0.0669. The first kappa shape index (κ1) is 15.3. The summed E-state index contributed by atoms with van der Waals surface area (Å²) in [4.78, 5) is 7.28. The normalized spacial score (nSPS) is 11.8. The number of nitrogens with one attached hydrogen (secondary N) is 1. The zero-order valence-corrected chi connectivity index (χ0v) is 11.7. The van der Waals surface area contributed by atoms with Crippen LogP contribution in [-0.4, -0.2) is 30.1 Å². The van der Waals surface area contributed by atoms with Gasteiger partial charge in [-0.15, -0.1) is 0 Å². The van der Waals surface area contributed by atoms with Crippen LogP contribution in [0.3, 0.4) is 0 Å². The van der Waals surface area contributed by atoms with Gasteiger partial charge in [-0.05, 0) is 12.1 Å². The van der Waals surface area contributed by atoms with E-state index in [-0.39, 0.29) is 23.1 Å². The van der Waals surface area contributed by atoms with Crippen molar-refractivity contribution in [3.8, 4) is 5.88 Å². The van der Waals surface area contributed by atoms with Gasteiger partial charge in [0.15, 0.2) is 0 Å². The molecule has 0 bridgehead atoms. The van der Waals surface area contributed by atoms with Crippen molar-refractivity contribution in [2.45, 2.75) is 18.0 Å². The maximum atomic E-state index is 12.6. The molecule has 10 heteroatoms. The number of halogens is 2. The minimum absolute atomic E-state index is 0.0813. The molecule has 2 rings (SSSR count). The van der Waals surface area contributed by atoms with Crippen LogP contribution in [0.15, 0.2) is 35.6 Å². The quantitative estimate of drug-likeness (QED) is 0.864. The van der Waals surface area contributed by atoms with Crippen molar-refractivity contribution < 1.29 is 21.9 Å². The molecule has 0 unspecified atom stereocenters. The predicted molar refractivity (Wildman–Crippen MR) is 68.3 cm³/mol. The van der Waals surface area contributed by atoms with Crippen LogP contribution in [-0.2, 0) is 16.6 Å². The van der Waals surface area contributed by atoms with Crippen molar-refractivity contribution in [3.05, 3.63) is 36.5 Å². The molecule has 0 amide bonds. The Bertz CT molecular complexity index is 718. The third kappa shape index (κ3) is 3.34. The number of ether oxygens (including phenoxy) is 1. The fourth-order valence-electron chi connectivity index (χ4n) is 1.63. The molecule has 0 aromatic carbocycles. The van der Waals surface area contributed by atoms with E-state index in [1.54, 1.807) is 0 Å². The third-order valence-corrected chi connectivity index (χ3v) is 4.01. The van der Waals surface area contributed by atoms with Crippen LogP contribution in [0.25, 0.3) is 0 Å². The molecule has 2 heterocycles. The first-order valence-electron chi connectivity index (χ1n) is 5.74. The highest BCUT2D eigenvalue weighted by molar-refractivity contribution is 7.89. The molecule has 0 radical (unpaired) electrons. The fourth-order valence-corrected chi connectivity index (χ4v) is 2.73. The van der Waals surface area contributed by atoms with Crippen LogP contribution >= 0.6 is 0 Å². The van der Waals surface area contributed by atoms with Crippen molar-refractivity contribution in [1.29, 1.82) is 0 Å². The lowest BCUT2D eigenvalue weighted by Gasteiger charge is -2.10. The molecule has 0 saturated carbocycles. The second-order valence-corrected chi connectivity index (χ2v) is 5.60. The summed E-state index contributed by atoms with van der Waals surface area (Å²) in [6.45, 7) is -3.17. The van der Waals surface area contributed by atoms with Gasteiger partial charge in [0, 0.05) is 18.6 Å². The van der Waals surface area contributed by atoms with E-state index in [0.717, 1.165) is 6.20 Å². The number of methoxy groups -OCH3 is 1. The number of hydrogen-bond acceptors (Lipinski definition) is 5. The summed E-state index contributed by atoms with van der Waals surface area (Å²) in [5.41, 5.74) is 0. The van der Waals surface area contributed by atoms with Gasteiger partial charge in [0.2, 0.25) is 15.9 Å². The van der Waals surface area contributed by atoms with Gasteiger partial charge in [-0.25, -0.2) is 23.1 Å². The molecule has 1 N–H and O–H groups in total. The molecule has 0 fully saturated rings. The predicted octanol–water partition coefficient (Wildman–Crippen LogP) is 1.16. The maximum absolute atomic E-state index is 12.6. The summed E-state index contributed by atoms with van der Waals surface area (Å²) in [5.74, 6) is -0.182. The van der Waals surface area contributed by atoms with Gasteiger partial charge in [-0.3, -0.25) is 4.57 Å². The van der Waals surface area contributed by atoms with Gasteiger partial charge >= 0.3 is 6.55 Å². The molecular weight excluding hydrogens is 306 g/mol. The molecule has 2 aromatic heterocycles. The van der Waals surface area contributed by atoms with Crippen LogP contribution in [0.2, 0.25) is 0 Å². The fraction of sp³-hybridized carbons (Fsp3) is 0.273. The van der Waals surface area contributed by atoms with Crippen molar-refractivity contribution >= 4 is 10.0 Å². The minimum Gasteiger partial charge on any atom is -0.480 e. The van der Waals surface area contributed by atoms with Crippen molar-refractivity contribution in [1.82, 2.24) is 19.3 Å². The van der Waals surface area contributed by atoms with Gasteiger partial charge in [-0.2, -0.15) is 8.78 Å². The Kier molecular flexibility index (Phi) is 4.48. The van der Waals surface area contributed by atoms with E-state index in [4.69, 9.17) is 4.74 Å². The van der Waals surface area contributed by atoms with E-state index in [1.165, 1.54) is 31.6 Å². The van der Waals surface area contributed by atoms with E-state index in [9.17, 15) is 17.2 Å². The molecule has 0 saturated heterocycles. The number of nitrogens with zero attached hydrogens (tertiary/aromatic N) is 3. The summed E-state index contributed by atoms with van der Waals surface area (Å²) < 4.78 is 57.2. The van der Waals surface area contributed by atoms with E-state index in [0.29, 0.717) is 4.57 Å². The lowest BCUT2D eigenvalue weighted by atomic mass is 10.5. The van der Waals surface area contributed by atoms with Crippen molar-refractivity contribution in [2.75, 3.05) is 7.11 Å². The molecule has 114 valence electrons. The number of hydrogen-bond donors (Lipinski definition) is 1.